The maximum atomic E-state index is 11.9. The van der Waals surface area contributed by atoms with Crippen molar-refractivity contribution in [2.24, 2.45) is 0 Å². The van der Waals surface area contributed by atoms with Crippen LogP contribution in [0.2, 0.25) is 0 Å². The molecule has 0 N–H and O–H groups in total. The van der Waals surface area contributed by atoms with Crippen molar-refractivity contribution in [2.75, 3.05) is 38.9 Å². The normalized spacial score (nSPS) is 27.4. The van der Waals surface area contributed by atoms with Gasteiger partial charge in [0.2, 0.25) is 10.0 Å². The fourth-order valence-corrected chi connectivity index (χ4v) is 3.56. The summed E-state index contributed by atoms with van der Waals surface area (Å²) in [6.45, 7) is 0.721. The van der Waals surface area contributed by atoms with Crippen LogP contribution in [0.1, 0.15) is 6.42 Å². The minimum absolute atomic E-state index is 0.0867. The van der Waals surface area contributed by atoms with Crippen LogP contribution in [0.15, 0.2) is 0 Å². The predicted octanol–water partition coefficient (Wildman–Crippen LogP) is 0.291. The molecular weight excluding hydrogens is 254 g/mol. The van der Waals surface area contributed by atoms with Gasteiger partial charge in [0.05, 0.1) is 18.0 Å². The van der Waals surface area contributed by atoms with Crippen molar-refractivity contribution >= 4 is 21.6 Å². The first kappa shape index (κ1) is 14.2. The Morgan fingerprint density at radius 2 is 1.75 bits per heavy atom. The van der Waals surface area contributed by atoms with Gasteiger partial charge in [0.25, 0.3) is 0 Å². The third-order valence-corrected chi connectivity index (χ3v) is 4.87. The Morgan fingerprint density at radius 3 is 2.12 bits per heavy atom. The summed E-state index contributed by atoms with van der Waals surface area (Å²) < 4.78 is 35.5. The van der Waals surface area contributed by atoms with E-state index in [1.807, 2.05) is 0 Å². The van der Waals surface area contributed by atoms with Gasteiger partial charge in [-0.05, 0) is 6.42 Å². The zero-order chi connectivity index (χ0) is 12.2. The molecule has 0 radical (unpaired) electrons. The first-order chi connectivity index (χ1) is 7.55. The number of ether oxygens (including phenoxy) is 2. The summed E-state index contributed by atoms with van der Waals surface area (Å²) >= 11 is 5.49. The Balaban J connectivity index is 2.63. The summed E-state index contributed by atoms with van der Waals surface area (Å²) in [5, 5.41) is 0. The minimum atomic E-state index is -3.22. The minimum Gasteiger partial charge on any atom is -0.377 e. The van der Waals surface area contributed by atoms with E-state index in [-0.39, 0.29) is 18.0 Å². The lowest BCUT2D eigenvalue weighted by Gasteiger charge is -2.15. The van der Waals surface area contributed by atoms with Gasteiger partial charge in [0.1, 0.15) is 0 Å². The third-order valence-electron chi connectivity index (χ3n) is 2.72. The molecule has 1 rings (SSSR count). The fourth-order valence-electron chi connectivity index (χ4n) is 1.76. The van der Waals surface area contributed by atoms with Crippen molar-refractivity contribution in [1.82, 2.24) is 4.31 Å². The maximum Gasteiger partial charge on any atom is 0.214 e. The average Bonchev–Trinajstić information content (AvgIpc) is 2.70. The van der Waals surface area contributed by atoms with Crippen LogP contribution in [-0.2, 0) is 19.5 Å². The monoisotopic (exact) mass is 271 g/mol. The molecule has 0 aliphatic carbocycles. The SMILES string of the molecule is COC1CN(S(=O)(=O)CCCCl)CC1OC. The first-order valence-corrected chi connectivity index (χ1v) is 7.29. The van der Waals surface area contributed by atoms with Gasteiger partial charge in [-0.3, -0.25) is 0 Å². The van der Waals surface area contributed by atoms with E-state index in [4.69, 9.17) is 21.1 Å². The van der Waals surface area contributed by atoms with Gasteiger partial charge in [-0.2, -0.15) is 4.31 Å². The maximum absolute atomic E-state index is 11.9. The van der Waals surface area contributed by atoms with Gasteiger partial charge >= 0.3 is 0 Å². The average molecular weight is 272 g/mol. The second-order valence-electron chi connectivity index (χ2n) is 3.72. The molecule has 1 heterocycles. The van der Waals surface area contributed by atoms with E-state index in [0.717, 1.165) is 0 Å². The molecule has 0 saturated carbocycles. The third kappa shape index (κ3) is 3.30. The molecule has 0 aromatic heterocycles. The second-order valence-corrected chi connectivity index (χ2v) is 6.19. The van der Waals surface area contributed by atoms with E-state index in [0.29, 0.717) is 25.4 Å². The summed E-state index contributed by atoms with van der Waals surface area (Å²) in [7, 11) is -0.0971. The van der Waals surface area contributed by atoms with Crippen LogP contribution < -0.4 is 0 Å². The van der Waals surface area contributed by atoms with Crippen molar-refractivity contribution in [3.05, 3.63) is 0 Å². The number of hydrogen-bond donors (Lipinski definition) is 0. The molecule has 0 aromatic rings. The van der Waals surface area contributed by atoms with Crippen LogP contribution >= 0.6 is 11.6 Å². The van der Waals surface area contributed by atoms with E-state index in [1.54, 1.807) is 14.2 Å². The van der Waals surface area contributed by atoms with Gasteiger partial charge in [-0.15, -0.1) is 11.6 Å². The number of halogens is 1. The van der Waals surface area contributed by atoms with E-state index in [2.05, 4.69) is 0 Å². The molecule has 16 heavy (non-hydrogen) atoms. The van der Waals surface area contributed by atoms with Crippen LogP contribution in [0.5, 0.6) is 0 Å². The summed E-state index contributed by atoms with van der Waals surface area (Å²) in [6.07, 6.45) is 0.0990. The van der Waals surface area contributed by atoms with Gasteiger partial charge in [0.15, 0.2) is 0 Å². The van der Waals surface area contributed by atoms with Crippen LogP contribution in [-0.4, -0.2) is 63.9 Å². The molecule has 1 aliphatic rings. The number of methoxy groups -OCH3 is 2. The number of alkyl halides is 1. The highest BCUT2D eigenvalue weighted by atomic mass is 35.5. The quantitative estimate of drug-likeness (QED) is 0.652. The highest BCUT2D eigenvalue weighted by Crippen LogP contribution is 2.19. The summed E-state index contributed by atoms with van der Waals surface area (Å²) in [6, 6.07) is 0. The van der Waals surface area contributed by atoms with Gasteiger partial charge in [0, 0.05) is 33.2 Å². The molecule has 0 aromatic carbocycles. The lowest BCUT2D eigenvalue weighted by molar-refractivity contribution is -0.00461. The molecule has 0 amide bonds. The number of hydrogen-bond acceptors (Lipinski definition) is 4. The number of sulfonamides is 1. The van der Waals surface area contributed by atoms with Crippen LogP contribution in [0, 0.1) is 0 Å². The Morgan fingerprint density at radius 1 is 1.25 bits per heavy atom. The van der Waals surface area contributed by atoms with Crippen LogP contribution in [0.25, 0.3) is 0 Å². The van der Waals surface area contributed by atoms with E-state index < -0.39 is 10.0 Å². The van der Waals surface area contributed by atoms with Crippen molar-refractivity contribution in [3.8, 4) is 0 Å². The lowest BCUT2D eigenvalue weighted by Crippen LogP contribution is -2.32. The van der Waals surface area contributed by atoms with Crippen LogP contribution in [0.3, 0.4) is 0 Å². The standard InChI is InChI=1S/C9H18ClNO4S/c1-14-8-6-11(7-9(8)15-2)16(12,13)5-3-4-10/h8-9H,3-7H2,1-2H3. The van der Waals surface area contributed by atoms with Crippen molar-refractivity contribution in [1.29, 1.82) is 0 Å². The van der Waals surface area contributed by atoms with E-state index in [9.17, 15) is 8.42 Å². The molecule has 0 spiro atoms. The highest BCUT2D eigenvalue weighted by Gasteiger charge is 2.38. The van der Waals surface area contributed by atoms with Gasteiger partial charge in [-0.1, -0.05) is 0 Å². The summed E-state index contributed by atoms with van der Waals surface area (Å²) in [5.74, 6) is 0.442. The summed E-state index contributed by atoms with van der Waals surface area (Å²) in [4.78, 5) is 0. The zero-order valence-electron chi connectivity index (χ0n) is 9.56. The zero-order valence-corrected chi connectivity index (χ0v) is 11.1. The smallest absolute Gasteiger partial charge is 0.214 e. The highest BCUT2D eigenvalue weighted by molar-refractivity contribution is 7.89. The van der Waals surface area contributed by atoms with Crippen molar-refractivity contribution in [2.45, 2.75) is 18.6 Å². The molecule has 1 aliphatic heterocycles. The predicted molar refractivity (Wildman–Crippen MR) is 62.3 cm³/mol. The largest absolute Gasteiger partial charge is 0.377 e. The molecule has 2 unspecified atom stereocenters. The molecule has 1 fully saturated rings. The van der Waals surface area contributed by atoms with E-state index >= 15 is 0 Å². The molecule has 1 saturated heterocycles. The molecule has 5 nitrogen and oxygen atoms in total. The van der Waals surface area contributed by atoms with E-state index in [1.165, 1.54) is 4.31 Å². The van der Waals surface area contributed by atoms with Crippen molar-refractivity contribution < 1.29 is 17.9 Å². The summed E-state index contributed by atoms with van der Waals surface area (Å²) in [5.41, 5.74) is 0. The number of rotatable bonds is 6. The van der Waals surface area contributed by atoms with Crippen molar-refractivity contribution in [3.63, 3.8) is 0 Å². The Bertz CT molecular complexity index is 297. The van der Waals surface area contributed by atoms with Gasteiger partial charge in [-0.25, -0.2) is 8.42 Å². The number of nitrogens with zero attached hydrogens (tertiary/aromatic N) is 1. The molecular formula is C9H18ClNO4S. The fraction of sp³-hybridized carbons (Fsp3) is 1.00. The topological polar surface area (TPSA) is 55.8 Å². The molecule has 0 bridgehead atoms. The molecule has 96 valence electrons. The second kappa shape index (κ2) is 6.16. The Labute approximate surface area is 102 Å². The first-order valence-electron chi connectivity index (χ1n) is 5.14. The molecule has 2 atom stereocenters. The lowest BCUT2D eigenvalue weighted by atomic mass is 10.3. The van der Waals surface area contributed by atoms with Gasteiger partial charge < -0.3 is 9.47 Å². The molecule has 7 heteroatoms. The Kier molecular flexibility index (Phi) is 5.46. The Hall–Kier alpha value is 0.120. The van der Waals surface area contributed by atoms with Crippen LogP contribution in [0.4, 0.5) is 0 Å².